The first kappa shape index (κ1) is 11.4. The average molecular weight is 210 g/mol. The normalized spacial score (nSPS) is 24.2. The van der Waals surface area contributed by atoms with Gasteiger partial charge in [-0.3, -0.25) is 0 Å². The Morgan fingerprint density at radius 2 is 2.00 bits per heavy atom. The highest BCUT2D eigenvalue weighted by molar-refractivity contribution is 4.82. The van der Waals surface area contributed by atoms with Gasteiger partial charge in [-0.2, -0.15) is 0 Å². The van der Waals surface area contributed by atoms with Crippen LogP contribution >= 0.6 is 0 Å². The van der Waals surface area contributed by atoms with Crippen molar-refractivity contribution in [2.75, 3.05) is 26.7 Å². The van der Waals surface area contributed by atoms with Gasteiger partial charge in [0.25, 0.3) is 0 Å². The summed E-state index contributed by atoms with van der Waals surface area (Å²) >= 11 is 0. The molecular formula is C13H26N2. The van der Waals surface area contributed by atoms with E-state index >= 15 is 0 Å². The minimum atomic E-state index is 0.802. The lowest BCUT2D eigenvalue weighted by Gasteiger charge is -2.31. The highest BCUT2D eigenvalue weighted by atomic mass is 15.1. The number of rotatable bonds is 7. The molecule has 2 saturated carbocycles. The summed E-state index contributed by atoms with van der Waals surface area (Å²) in [6, 6.07) is 0.865. The van der Waals surface area contributed by atoms with Gasteiger partial charge in [-0.25, -0.2) is 0 Å². The van der Waals surface area contributed by atoms with Gasteiger partial charge in [0.2, 0.25) is 0 Å². The average Bonchev–Trinajstić information content (AvgIpc) is 2.91. The number of hydrogen-bond donors (Lipinski definition) is 1. The lowest BCUT2D eigenvalue weighted by Crippen LogP contribution is -2.35. The molecule has 0 amide bonds. The van der Waals surface area contributed by atoms with Gasteiger partial charge in [0, 0.05) is 19.1 Å². The first-order chi connectivity index (χ1) is 7.24. The van der Waals surface area contributed by atoms with E-state index in [2.05, 4.69) is 24.2 Å². The Labute approximate surface area is 94.4 Å². The van der Waals surface area contributed by atoms with Gasteiger partial charge in [0.15, 0.2) is 0 Å². The predicted octanol–water partition coefficient (Wildman–Crippen LogP) is 2.11. The Kier molecular flexibility index (Phi) is 4.04. The van der Waals surface area contributed by atoms with Crippen LogP contribution in [0.15, 0.2) is 0 Å². The molecule has 1 N–H and O–H groups in total. The second-order valence-electron chi connectivity index (χ2n) is 5.81. The molecule has 0 aromatic carbocycles. The van der Waals surface area contributed by atoms with E-state index in [1.165, 1.54) is 51.7 Å². The van der Waals surface area contributed by atoms with Crippen molar-refractivity contribution in [1.82, 2.24) is 10.2 Å². The molecule has 1 atom stereocenters. The lowest BCUT2D eigenvalue weighted by atomic mass is 9.85. The quantitative estimate of drug-likeness (QED) is 0.692. The monoisotopic (exact) mass is 210 g/mol. The summed E-state index contributed by atoms with van der Waals surface area (Å²) in [7, 11) is 2.28. The van der Waals surface area contributed by atoms with E-state index in [0.717, 1.165) is 17.9 Å². The standard InChI is InChI=1S/C13H26N2/c1-11(8-14-13-6-7-13)9-15(2)10-12-4-3-5-12/h11-14H,3-10H2,1-2H3. The van der Waals surface area contributed by atoms with Crippen LogP contribution in [0.1, 0.15) is 39.0 Å². The van der Waals surface area contributed by atoms with E-state index in [0.29, 0.717) is 0 Å². The largest absolute Gasteiger partial charge is 0.314 e. The molecule has 2 fully saturated rings. The van der Waals surface area contributed by atoms with Crippen molar-refractivity contribution >= 4 is 0 Å². The van der Waals surface area contributed by atoms with Crippen molar-refractivity contribution in [2.45, 2.75) is 45.1 Å². The number of nitrogens with zero attached hydrogens (tertiary/aromatic N) is 1. The molecule has 88 valence electrons. The Morgan fingerprint density at radius 1 is 1.27 bits per heavy atom. The van der Waals surface area contributed by atoms with Crippen LogP contribution in [-0.4, -0.2) is 37.6 Å². The fourth-order valence-corrected chi connectivity index (χ4v) is 2.44. The molecular weight excluding hydrogens is 184 g/mol. The van der Waals surface area contributed by atoms with Gasteiger partial charge in [-0.15, -0.1) is 0 Å². The maximum absolute atomic E-state index is 3.62. The maximum Gasteiger partial charge on any atom is 0.00683 e. The minimum Gasteiger partial charge on any atom is -0.314 e. The third-order valence-electron chi connectivity index (χ3n) is 3.75. The summed E-state index contributed by atoms with van der Waals surface area (Å²) in [5, 5.41) is 3.62. The smallest absolute Gasteiger partial charge is 0.00683 e. The zero-order valence-corrected chi connectivity index (χ0v) is 10.3. The topological polar surface area (TPSA) is 15.3 Å². The molecule has 0 heterocycles. The van der Waals surface area contributed by atoms with Crippen LogP contribution in [0.2, 0.25) is 0 Å². The van der Waals surface area contributed by atoms with Gasteiger partial charge < -0.3 is 10.2 Å². The van der Waals surface area contributed by atoms with Crippen molar-refractivity contribution in [3.63, 3.8) is 0 Å². The summed E-state index contributed by atoms with van der Waals surface area (Å²) in [5.41, 5.74) is 0. The SMILES string of the molecule is CC(CNC1CC1)CN(C)CC1CCC1. The van der Waals surface area contributed by atoms with Crippen LogP contribution in [-0.2, 0) is 0 Å². The van der Waals surface area contributed by atoms with Crippen molar-refractivity contribution in [2.24, 2.45) is 11.8 Å². The Hall–Kier alpha value is -0.0800. The first-order valence-electron chi connectivity index (χ1n) is 6.66. The van der Waals surface area contributed by atoms with Crippen LogP contribution in [0.25, 0.3) is 0 Å². The Balaban J connectivity index is 1.52. The second-order valence-corrected chi connectivity index (χ2v) is 5.81. The van der Waals surface area contributed by atoms with Crippen LogP contribution < -0.4 is 5.32 Å². The summed E-state index contributed by atoms with van der Waals surface area (Å²) in [5.74, 6) is 1.81. The van der Waals surface area contributed by atoms with E-state index in [-0.39, 0.29) is 0 Å². The molecule has 0 aliphatic heterocycles. The van der Waals surface area contributed by atoms with Crippen molar-refractivity contribution in [1.29, 1.82) is 0 Å². The summed E-state index contributed by atoms with van der Waals surface area (Å²) in [6.07, 6.45) is 7.23. The molecule has 0 saturated heterocycles. The molecule has 2 aliphatic rings. The van der Waals surface area contributed by atoms with Crippen LogP contribution in [0.3, 0.4) is 0 Å². The highest BCUT2D eigenvalue weighted by Crippen LogP contribution is 2.26. The summed E-state index contributed by atoms with van der Waals surface area (Å²) < 4.78 is 0. The van der Waals surface area contributed by atoms with Crippen LogP contribution in [0.5, 0.6) is 0 Å². The van der Waals surface area contributed by atoms with Crippen molar-refractivity contribution < 1.29 is 0 Å². The van der Waals surface area contributed by atoms with Crippen molar-refractivity contribution in [3.8, 4) is 0 Å². The molecule has 2 nitrogen and oxygen atoms in total. The molecule has 2 rings (SSSR count). The van der Waals surface area contributed by atoms with Crippen LogP contribution in [0.4, 0.5) is 0 Å². The van der Waals surface area contributed by atoms with E-state index in [9.17, 15) is 0 Å². The van der Waals surface area contributed by atoms with Gasteiger partial charge in [0.1, 0.15) is 0 Å². The van der Waals surface area contributed by atoms with Gasteiger partial charge >= 0.3 is 0 Å². The van der Waals surface area contributed by atoms with Crippen LogP contribution in [0, 0.1) is 11.8 Å². The second kappa shape index (κ2) is 5.31. The van der Waals surface area contributed by atoms with E-state index < -0.39 is 0 Å². The van der Waals surface area contributed by atoms with Gasteiger partial charge in [-0.1, -0.05) is 13.3 Å². The van der Waals surface area contributed by atoms with E-state index in [1.807, 2.05) is 0 Å². The van der Waals surface area contributed by atoms with Gasteiger partial charge in [0.05, 0.1) is 0 Å². The highest BCUT2D eigenvalue weighted by Gasteiger charge is 2.22. The molecule has 2 heteroatoms. The number of nitrogens with one attached hydrogen (secondary N) is 1. The summed E-state index contributed by atoms with van der Waals surface area (Å²) in [6.45, 7) is 6.16. The van der Waals surface area contributed by atoms with Gasteiger partial charge in [-0.05, 0) is 51.1 Å². The number of hydrogen-bond acceptors (Lipinski definition) is 2. The molecule has 15 heavy (non-hydrogen) atoms. The maximum atomic E-state index is 3.62. The molecule has 1 unspecified atom stereocenters. The fourth-order valence-electron chi connectivity index (χ4n) is 2.44. The molecule has 0 aromatic heterocycles. The predicted molar refractivity (Wildman–Crippen MR) is 65.0 cm³/mol. The molecule has 0 spiro atoms. The zero-order valence-electron chi connectivity index (χ0n) is 10.3. The fraction of sp³-hybridized carbons (Fsp3) is 1.00. The molecule has 2 aliphatic carbocycles. The minimum absolute atomic E-state index is 0.802. The first-order valence-corrected chi connectivity index (χ1v) is 6.66. The molecule has 0 radical (unpaired) electrons. The summed E-state index contributed by atoms with van der Waals surface area (Å²) in [4.78, 5) is 2.53. The third-order valence-corrected chi connectivity index (χ3v) is 3.75. The van der Waals surface area contributed by atoms with Crippen molar-refractivity contribution in [3.05, 3.63) is 0 Å². The Morgan fingerprint density at radius 3 is 2.53 bits per heavy atom. The van der Waals surface area contributed by atoms with E-state index in [4.69, 9.17) is 0 Å². The Bertz CT molecular complexity index is 185. The zero-order chi connectivity index (χ0) is 10.7. The third kappa shape index (κ3) is 4.12. The van der Waals surface area contributed by atoms with E-state index in [1.54, 1.807) is 0 Å². The molecule has 0 aromatic rings. The molecule has 0 bridgehead atoms. The lowest BCUT2D eigenvalue weighted by molar-refractivity contribution is 0.187.